The van der Waals surface area contributed by atoms with Crippen molar-refractivity contribution in [3.8, 4) is 11.8 Å². The third kappa shape index (κ3) is 4.40. The van der Waals surface area contributed by atoms with Crippen LogP contribution >= 0.6 is 0 Å². The average molecular weight is 400 g/mol. The molecule has 2 rings (SSSR count). The summed E-state index contributed by atoms with van der Waals surface area (Å²) in [4.78, 5) is 19.8. The number of carbonyl (C=O) groups is 1. The Hall–Kier alpha value is -2.71. The van der Waals surface area contributed by atoms with Crippen LogP contribution in [0, 0.1) is 0 Å². The highest BCUT2D eigenvalue weighted by molar-refractivity contribution is 5.67. The number of pyridine rings is 2. The number of hydrogen-bond acceptors (Lipinski definition) is 5. The molecule has 0 saturated heterocycles. The molecule has 0 spiro atoms. The highest BCUT2D eigenvalue weighted by atomic mass is 19.3. The van der Waals surface area contributed by atoms with Crippen LogP contribution in [0.25, 0.3) is 0 Å². The summed E-state index contributed by atoms with van der Waals surface area (Å²) in [5.41, 5.74) is -3.29. The van der Waals surface area contributed by atoms with Crippen LogP contribution in [0.3, 0.4) is 0 Å². The quantitative estimate of drug-likeness (QED) is 0.496. The number of halogens is 4. The number of ether oxygens (including phenoxy) is 2. The molecule has 0 aliphatic carbocycles. The molecule has 28 heavy (non-hydrogen) atoms. The zero-order valence-corrected chi connectivity index (χ0v) is 15.7. The van der Waals surface area contributed by atoms with E-state index in [1.165, 1.54) is 64.4 Å². The van der Waals surface area contributed by atoms with Crippen LogP contribution in [0.2, 0.25) is 0 Å². The van der Waals surface area contributed by atoms with E-state index in [4.69, 9.17) is 9.47 Å². The van der Waals surface area contributed by atoms with Gasteiger partial charge in [-0.05, 0) is 12.1 Å². The Labute approximate surface area is 159 Å². The minimum absolute atomic E-state index is 0.00361. The third-order valence-corrected chi connectivity index (χ3v) is 4.38. The van der Waals surface area contributed by atoms with Crippen LogP contribution in [-0.4, -0.2) is 29.0 Å². The number of hydrogen-bond donors (Lipinski definition) is 0. The highest BCUT2D eigenvalue weighted by Crippen LogP contribution is 2.37. The monoisotopic (exact) mass is 400 g/mol. The second kappa shape index (κ2) is 8.12. The fourth-order valence-corrected chi connectivity index (χ4v) is 2.34. The van der Waals surface area contributed by atoms with Gasteiger partial charge >= 0.3 is 6.16 Å². The van der Waals surface area contributed by atoms with Gasteiger partial charge in [-0.3, -0.25) is 0 Å². The maximum atomic E-state index is 13.3. The van der Waals surface area contributed by atoms with Gasteiger partial charge in [0.15, 0.2) is 0 Å². The van der Waals surface area contributed by atoms with Gasteiger partial charge in [0, 0.05) is 23.5 Å². The second-order valence-corrected chi connectivity index (χ2v) is 7.21. The van der Waals surface area contributed by atoms with E-state index in [0.29, 0.717) is 0 Å². The second-order valence-electron chi connectivity index (χ2n) is 7.21. The number of alkyl halides is 4. The van der Waals surface area contributed by atoms with Gasteiger partial charge in [0.05, 0.1) is 10.8 Å². The van der Waals surface area contributed by atoms with Gasteiger partial charge in [0.1, 0.15) is 0 Å². The van der Waals surface area contributed by atoms with E-state index in [1.807, 2.05) is 0 Å². The van der Waals surface area contributed by atoms with Gasteiger partial charge in [0.25, 0.3) is 0 Å². The predicted molar refractivity (Wildman–Crippen MR) is 93.2 cm³/mol. The Kier molecular flexibility index (Phi) is 6.26. The van der Waals surface area contributed by atoms with Crippen molar-refractivity contribution >= 4 is 6.16 Å². The fourth-order valence-electron chi connectivity index (χ4n) is 2.34. The maximum absolute atomic E-state index is 13.3. The highest BCUT2D eigenvalue weighted by Gasteiger charge is 2.37. The summed E-state index contributed by atoms with van der Waals surface area (Å²) in [6, 6.07) is 5.57. The van der Waals surface area contributed by atoms with Gasteiger partial charge in [-0.15, -0.1) is 0 Å². The fraction of sp³-hybridized carbons (Fsp3) is 0.421. The zero-order valence-electron chi connectivity index (χ0n) is 15.7. The summed E-state index contributed by atoms with van der Waals surface area (Å²) < 4.78 is 63.3. The first kappa shape index (κ1) is 21.6. The van der Waals surface area contributed by atoms with Crippen LogP contribution in [-0.2, 0) is 10.8 Å². The summed E-state index contributed by atoms with van der Waals surface area (Å²) in [7, 11) is 0. The van der Waals surface area contributed by atoms with Crippen molar-refractivity contribution in [2.75, 3.05) is 0 Å². The first-order valence-electron chi connectivity index (χ1n) is 8.35. The van der Waals surface area contributed by atoms with Crippen molar-refractivity contribution in [2.24, 2.45) is 0 Å². The van der Waals surface area contributed by atoms with E-state index < -0.39 is 29.8 Å². The molecular formula is C19H20F4N2O3. The van der Waals surface area contributed by atoms with E-state index >= 15 is 0 Å². The van der Waals surface area contributed by atoms with Crippen LogP contribution in [0.5, 0.6) is 11.8 Å². The molecule has 0 aliphatic heterocycles. The van der Waals surface area contributed by atoms with Crippen LogP contribution < -0.4 is 9.47 Å². The Morgan fingerprint density at radius 3 is 1.50 bits per heavy atom. The Morgan fingerprint density at radius 2 is 1.18 bits per heavy atom. The zero-order chi connectivity index (χ0) is 21.1. The Bertz CT molecular complexity index is 774. The molecule has 0 aliphatic rings. The van der Waals surface area contributed by atoms with Crippen LogP contribution in [0.15, 0.2) is 36.7 Å². The first-order valence-corrected chi connectivity index (χ1v) is 8.35. The third-order valence-electron chi connectivity index (χ3n) is 4.38. The van der Waals surface area contributed by atoms with Gasteiger partial charge in [-0.25, -0.2) is 32.3 Å². The number of nitrogens with zero attached hydrogens (tertiary/aromatic N) is 2. The maximum Gasteiger partial charge on any atom is 0.522 e. The molecule has 2 aromatic rings. The molecule has 0 amide bonds. The van der Waals surface area contributed by atoms with Crippen LogP contribution in [0.4, 0.5) is 22.4 Å². The van der Waals surface area contributed by atoms with Crippen molar-refractivity contribution < 1.29 is 31.8 Å². The largest absolute Gasteiger partial charge is 0.522 e. The van der Waals surface area contributed by atoms with E-state index in [0.717, 1.165) is 0 Å². The molecule has 0 atom stereocenters. The standard InChI is InChI=1S/C19H20F4N2O3/c1-18(2,15(20)21)11-7-5-9-24-13(11)27-17(26)28-14-12(8-6-10-25-14)19(3,4)16(22)23/h5-10,15-16H,1-4H3. The van der Waals surface area contributed by atoms with Gasteiger partial charge < -0.3 is 9.47 Å². The SMILES string of the molecule is CC(C)(c1cccnc1OC(=O)Oc1ncccc1C(C)(C)C(F)F)C(F)F. The lowest BCUT2D eigenvalue weighted by Crippen LogP contribution is -2.30. The van der Waals surface area contributed by atoms with E-state index in [-0.39, 0.29) is 22.9 Å². The van der Waals surface area contributed by atoms with Crippen molar-refractivity contribution in [1.29, 1.82) is 0 Å². The van der Waals surface area contributed by atoms with Gasteiger partial charge in [-0.2, -0.15) is 0 Å². The lowest BCUT2D eigenvalue weighted by molar-refractivity contribution is 0.0654. The van der Waals surface area contributed by atoms with Crippen molar-refractivity contribution in [3.63, 3.8) is 0 Å². The lowest BCUT2D eigenvalue weighted by atomic mass is 9.86. The molecule has 0 bridgehead atoms. The summed E-state index contributed by atoms with van der Waals surface area (Å²) in [6.45, 7) is 5.09. The molecule has 152 valence electrons. The summed E-state index contributed by atoms with van der Waals surface area (Å²) in [5.74, 6) is -0.716. The molecule has 0 aromatic carbocycles. The van der Waals surface area contributed by atoms with E-state index in [2.05, 4.69) is 9.97 Å². The average Bonchev–Trinajstić information content (AvgIpc) is 2.62. The van der Waals surface area contributed by atoms with Crippen LogP contribution in [0.1, 0.15) is 38.8 Å². The molecule has 0 N–H and O–H groups in total. The minimum Gasteiger partial charge on any atom is -0.375 e. The van der Waals surface area contributed by atoms with Gasteiger partial charge in [0.2, 0.25) is 24.6 Å². The molecule has 0 fully saturated rings. The predicted octanol–water partition coefficient (Wildman–Crippen LogP) is 5.14. The normalized spacial score (nSPS) is 12.4. The number of carbonyl (C=O) groups excluding carboxylic acids is 1. The number of aromatic nitrogens is 2. The molecule has 0 saturated carbocycles. The van der Waals surface area contributed by atoms with Crippen molar-refractivity contribution in [3.05, 3.63) is 47.8 Å². The Balaban J connectivity index is 2.29. The van der Waals surface area contributed by atoms with Crippen molar-refractivity contribution in [1.82, 2.24) is 9.97 Å². The minimum atomic E-state index is -2.75. The van der Waals surface area contributed by atoms with E-state index in [1.54, 1.807) is 0 Å². The molecular weight excluding hydrogens is 380 g/mol. The topological polar surface area (TPSA) is 61.3 Å². The first-order chi connectivity index (χ1) is 13.0. The molecule has 2 heterocycles. The molecule has 9 heteroatoms. The Morgan fingerprint density at radius 1 is 0.821 bits per heavy atom. The van der Waals surface area contributed by atoms with E-state index in [9.17, 15) is 22.4 Å². The van der Waals surface area contributed by atoms with Gasteiger partial charge in [-0.1, -0.05) is 39.8 Å². The molecule has 2 aromatic heterocycles. The summed E-state index contributed by atoms with van der Waals surface area (Å²) in [6.07, 6.45) is -4.29. The molecule has 0 unspecified atom stereocenters. The summed E-state index contributed by atoms with van der Waals surface area (Å²) >= 11 is 0. The smallest absolute Gasteiger partial charge is 0.375 e. The van der Waals surface area contributed by atoms with Crippen molar-refractivity contribution in [2.45, 2.75) is 51.4 Å². The molecule has 0 radical (unpaired) electrons. The molecule has 5 nitrogen and oxygen atoms in total. The summed E-state index contributed by atoms with van der Waals surface area (Å²) in [5, 5.41) is 0. The lowest BCUT2D eigenvalue weighted by Gasteiger charge is -2.26. The number of rotatable bonds is 6.